The smallest absolute Gasteiger partial charge is 0.139 e. The van der Waals surface area contributed by atoms with E-state index in [2.05, 4.69) is 0 Å². The largest absolute Gasteiger partial charge is 0.490 e. The lowest BCUT2D eigenvalue weighted by atomic mass is 10.3. The molecule has 4 nitrogen and oxygen atoms in total. The zero-order valence-corrected chi connectivity index (χ0v) is 17.7. The predicted octanol–water partition coefficient (Wildman–Crippen LogP) is 6.04. The summed E-state index contributed by atoms with van der Waals surface area (Å²) in [7, 11) is 0. The van der Waals surface area contributed by atoms with Crippen LogP contribution < -0.4 is 9.47 Å². The van der Waals surface area contributed by atoms with Crippen molar-refractivity contribution in [2.75, 3.05) is 26.4 Å². The Hall–Kier alpha value is -0.300. The van der Waals surface area contributed by atoms with Crippen LogP contribution in [0.15, 0.2) is 24.3 Å². The normalized spacial score (nSPS) is 10.2. The van der Waals surface area contributed by atoms with Gasteiger partial charge in [-0.05, 0) is 12.1 Å². The van der Waals surface area contributed by atoms with Crippen LogP contribution in [0.2, 0.25) is 30.1 Å². The molecule has 0 bridgehead atoms. The monoisotopic (exact) mass is 480 g/mol. The van der Waals surface area contributed by atoms with E-state index in [-0.39, 0.29) is 26.4 Å². The van der Waals surface area contributed by atoms with E-state index in [0.29, 0.717) is 41.6 Å². The minimum absolute atomic E-state index is 0.0728. The van der Waals surface area contributed by atoms with Gasteiger partial charge < -0.3 is 19.7 Å². The first-order valence-corrected chi connectivity index (χ1v) is 9.33. The summed E-state index contributed by atoms with van der Waals surface area (Å²) in [5, 5.41) is 19.3. The number of hydrogen-bond donors (Lipinski definition) is 2. The van der Waals surface area contributed by atoms with Gasteiger partial charge in [0, 0.05) is 12.1 Å². The van der Waals surface area contributed by atoms with E-state index in [0.717, 1.165) is 0 Å². The topological polar surface area (TPSA) is 58.9 Å². The van der Waals surface area contributed by atoms with Crippen LogP contribution in [-0.2, 0) is 0 Å². The Morgan fingerprint density at radius 1 is 0.538 bits per heavy atom. The molecule has 10 heteroatoms. The fourth-order valence-corrected chi connectivity index (χ4v) is 2.72. The minimum atomic E-state index is -0.0728. The Morgan fingerprint density at radius 2 is 0.846 bits per heavy atom. The summed E-state index contributed by atoms with van der Waals surface area (Å²) < 4.78 is 10.2. The van der Waals surface area contributed by atoms with Crippen molar-refractivity contribution in [1.82, 2.24) is 0 Å². The van der Waals surface area contributed by atoms with Gasteiger partial charge in [0.15, 0.2) is 0 Å². The van der Waals surface area contributed by atoms with E-state index in [1.807, 2.05) is 0 Å². The summed E-state index contributed by atoms with van der Waals surface area (Å²) >= 11 is 34.4. The van der Waals surface area contributed by atoms with Gasteiger partial charge in [-0.2, -0.15) is 0 Å². The van der Waals surface area contributed by atoms with Gasteiger partial charge in [0.05, 0.1) is 43.3 Å². The number of hydrogen-bond acceptors (Lipinski definition) is 4. The molecular weight excluding hydrogens is 469 g/mol. The van der Waals surface area contributed by atoms with Crippen molar-refractivity contribution < 1.29 is 19.7 Å². The molecule has 0 radical (unpaired) electrons. The first kappa shape index (κ1) is 23.7. The van der Waals surface area contributed by atoms with Crippen LogP contribution in [0, 0.1) is 0 Å². The van der Waals surface area contributed by atoms with Gasteiger partial charge in [-0.3, -0.25) is 0 Å². The highest BCUT2D eigenvalue weighted by atomic mass is 35.5. The lowest BCUT2D eigenvalue weighted by molar-refractivity contribution is 0.201. The molecule has 0 saturated heterocycles. The Balaban J connectivity index is 0.000000260. The zero-order chi connectivity index (χ0) is 19.7. The van der Waals surface area contributed by atoms with Crippen LogP contribution >= 0.6 is 69.6 Å². The van der Waals surface area contributed by atoms with Crippen molar-refractivity contribution in [1.29, 1.82) is 0 Å². The molecule has 0 aromatic heterocycles. The van der Waals surface area contributed by atoms with Crippen molar-refractivity contribution in [2.24, 2.45) is 0 Å². The summed E-state index contributed by atoms with van der Waals surface area (Å²) in [6.07, 6.45) is 0. The molecule has 0 fully saturated rings. The third-order valence-electron chi connectivity index (χ3n) is 2.65. The predicted molar refractivity (Wildman–Crippen MR) is 108 cm³/mol. The molecule has 0 aliphatic carbocycles. The minimum Gasteiger partial charge on any atom is -0.490 e. The van der Waals surface area contributed by atoms with Gasteiger partial charge in [-0.15, -0.1) is 0 Å². The molecule has 2 aromatic rings. The SMILES string of the molecule is OCCOc1cc(Cl)c(Cl)cc1Cl.OCCOc1cc(Cl)c(Cl)cc1Cl. The van der Waals surface area contributed by atoms with Crippen LogP contribution in [0.3, 0.4) is 0 Å². The number of benzene rings is 2. The van der Waals surface area contributed by atoms with Crippen LogP contribution in [0.25, 0.3) is 0 Å². The maximum Gasteiger partial charge on any atom is 0.139 e. The van der Waals surface area contributed by atoms with Crippen molar-refractivity contribution in [3.05, 3.63) is 54.4 Å². The molecule has 2 rings (SSSR count). The highest BCUT2D eigenvalue weighted by Gasteiger charge is 2.07. The second kappa shape index (κ2) is 12.2. The molecular formula is C16H14Cl6O4. The molecule has 0 amide bonds. The van der Waals surface area contributed by atoms with Crippen LogP contribution in [0.1, 0.15) is 0 Å². The number of aliphatic hydroxyl groups excluding tert-OH is 2. The van der Waals surface area contributed by atoms with Crippen LogP contribution in [0.5, 0.6) is 11.5 Å². The molecule has 2 aromatic carbocycles. The van der Waals surface area contributed by atoms with Gasteiger partial charge >= 0.3 is 0 Å². The van der Waals surface area contributed by atoms with Crippen LogP contribution in [0.4, 0.5) is 0 Å². The molecule has 144 valence electrons. The third kappa shape index (κ3) is 7.75. The van der Waals surface area contributed by atoms with Crippen LogP contribution in [-0.4, -0.2) is 36.6 Å². The number of rotatable bonds is 6. The molecule has 0 unspecified atom stereocenters. The Bertz CT molecular complexity index is 665. The highest BCUT2D eigenvalue weighted by molar-refractivity contribution is 6.44. The van der Waals surface area contributed by atoms with E-state index < -0.39 is 0 Å². The summed E-state index contributed by atoms with van der Waals surface area (Å²) in [6.45, 7) is 0.211. The molecule has 0 aliphatic rings. The summed E-state index contributed by atoms with van der Waals surface area (Å²) in [6, 6.07) is 6.03. The average molecular weight is 483 g/mol. The Labute approximate surface area is 181 Å². The fraction of sp³-hybridized carbons (Fsp3) is 0.250. The van der Waals surface area contributed by atoms with E-state index in [1.54, 1.807) is 0 Å². The van der Waals surface area contributed by atoms with E-state index >= 15 is 0 Å². The molecule has 26 heavy (non-hydrogen) atoms. The van der Waals surface area contributed by atoms with E-state index in [9.17, 15) is 0 Å². The third-order valence-corrected chi connectivity index (χ3v) is 4.68. The molecule has 0 atom stereocenters. The molecule has 0 saturated carbocycles. The summed E-state index contributed by atoms with van der Waals surface area (Å²) in [5.41, 5.74) is 0. The summed E-state index contributed by atoms with van der Waals surface area (Å²) in [4.78, 5) is 0. The maximum absolute atomic E-state index is 8.52. The second-order valence-electron chi connectivity index (χ2n) is 4.54. The highest BCUT2D eigenvalue weighted by Crippen LogP contribution is 2.34. The fourth-order valence-electron chi connectivity index (χ4n) is 1.54. The van der Waals surface area contributed by atoms with Crippen molar-refractivity contribution in [3.8, 4) is 11.5 Å². The second-order valence-corrected chi connectivity index (χ2v) is 6.98. The molecule has 2 N–H and O–H groups in total. The van der Waals surface area contributed by atoms with Gasteiger partial charge in [-0.25, -0.2) is 0 Å². The zero-order valence-electron chi connectivity index (χ0n) is 13.1. The average Bonchev–Trinajstić information content (AvgIpc) is 2.59. The lowest BCUT2D eigenvalue weighted by Gasteiger charge is -2.07. The van der Waals surface area contributed by atoms with Gasteiger partial charge in [0.1, 0.15) is 24.7 Å². The standard InChI is InChI=1S/2C8H7Cl3O2/c2*9-5-3-7(11)8(4-6(5)10)13-2-1-12/h2*3-4,12H,1-2H2. The van der Waals surface area contributed by atoms with E-state index in [4.69, 9.17) is 89.3 Å². The number of aliphatic hydroxyl groups is 2. The molecule has 0 spiro atoms. The van der Waals surface area contributed by atoms with Gasteiger partial charge in [0.25, 0.3) is 0 Å². The lowest BCUT2D eigenvalue weighted by Crippen LogP contribution is -2.01. The first-order chi connectivity index (χ1) is 12.3. The van der Waals surface area contributed by atoms with Gasteiger partial charge in [-0.1, -0.05) is 69.6 Å². The number of halogens is 6. The Morgan fingerprint density at radius 3 is 1.15 bits per heavy atom. The van der Waals surface area contributed by atoms with Crippen molar-refractivity contribution >= 4 is 69.6 Å². The van der Waals surface area contributed by atoms with Gasteiger partial charge in [0.2, 0.25) is 0 Å². The quantitative estimate of drug-likeness (QED) is 0.493. The molecule has 0 aliphatic heterocycles. The maximum atomic E-state index is 8.52. The first-order valence-electron chi connectivity index (χ1n) is 7.06. The van der Waals surface area contributed by atoms with Crippen molar-refractivity contribution in [3.63, 3.8) is 0 Å². The Kier molecular flexibility index (Phi) is 11.2. The van der Waals surface area contributed by atoms with E-state index in [1.165, 1.54) is 24.3 Å². The summed E-state index contributed by atoms with van der Waals surface area (Å²) in [5.74, 6) is 0.843. The van der Waals surface area contributed by atoms with Crippen molar-refractivity contribution in [2.45, 2.75) is 0 Å². The molecule has 0 heterocycles. The number of ether oxygens (including phenoxy) is 2.